The molecular weight excluding hydrogens is 805 g/mol. The topological polar surface area (TPSA) is 146 Å². The van der Waals surface area contributed by atoms with Crippen molar-refractivity contribution in [2.24, 2.45) is 0 Å². The number of carbonyl (C=O) groups is 1. The van der Waals surface area contributed by atoms with Gasteiger partial charge in [0.05, 0.1) is 178 Å². The minimum Gasteiger partial charge on any atom is -0.466 e. The van der Waals surface area contributed by atoms with E-state index in [1.165, 1.54) is 96.3 Å². The van der Waals surface area contributed by atoms with Crippen LogP contribution in [0.3, 0.4) is 0 Å². The first-order valence-corrected chi connectivity index (χ1v) is 24.5. The molecule has 0 amide bonds. The second-order valence-electron chi connectivity index (χ2n) is 14.8. The van der Waals surface area contributed by atoms with Gasteiger partial charge in [-0.15, -0.1) is 0 Å². The maximum atomic E-state index is 11.2. The van der Waals surface area contributed by atoms with Gasteiger partial charge in [0.15, 0.2) is 0 Å². The lowest BCUT2D eigenvalue weighted by molar-refractivity contribution is -0.144. The van der Waals surface area contributed by atoms with Crippen molar-refractivity contribution in [3.05, 3.63) is 0 Å². The molecule has 62 heavy (non-hydrogen) atoms. The summed E-state index contributed by atoms with van der Waals surface area (Å²) < 4.78 is 76.4. The van der Waals surface area contributed by atoms with E-state index in [2.05, 4.69) is 6.92 Å². The van der Waals surface area contributed by atoms with Gasteiger partial charge in [-0.2, -0.15) is 0 Å². The van der Waals surface area contributed by atoms with E-state index < -0.39 is 0 Å². The van der Waals surface area contributed by atoms with Gasteiger partial charge in [-0.3, -0.25) is 4.79 Å². The third kappa shape index (κ3) is 57.0. The van der Waals surface area contributed by atoms with E-state index in [0.717, 1.165) is 13.0 Å². The van der Waals surface area contributed by atoms with Crippen molar-refractivity contribution in [3.63, 3.8) is 0 Å². The van der Waals surface area contributed by atoms with Crippen LogP contribution in [-0.4, -0.2) is 184 Å². The predicted octanol–water partition coefficient (Wildman–Crippen LogP) is 7.42. The molecule has 0 unspecified atom stereocenters. The van der Waals surface area contributed by atoms with E-state index in [1.54, 1.807) is 6.92 Å². The van der Waals surface area contributed by atoms with E-state index in [1.807, 2.05) is 0 Å². The molecule has 0 aliphatic rings. The fourth-order valence-electron chi connectivity index (χ4n) is 5.88. The molecule has 0 aromatic carbocycles. The molecule has 15 nitrogen and oxygen atoms in total. The van der Waals surface area contributed by atoms with Crippen molar-refractivity contribution in [1.29, 1.82) is 0 Å². The third-order valence-corrected chi connectivity index (χ3v) is 9.36. The highest BCUT2D eigenvalue weighted by Gasteiger charge is 2.02. The molecule has 0 aliphatic heterocycles. The van der Waals surface area contributed by atoms with Gasteiger partial charge in [-0.05, 0) is 13.3 Å². The lowest BCUT2D eigenvalue weighted by atomic mass is 10.0. The number of hydrogen-bond acceptors (Lipinski definition) is 15. The number of esters is 1. The number of rotatable bonds is 57. The van der Waals surface area contributed by atoms with Crippen LogP contribution >= 0.6 is 0 Å². The Labute approximate surface area is 377 Å². The van der Waals surface area contributed by atoms with Crippen molar-refractivity contribution < 1.29 is 71.1 Å². The number of hydrogen-bond donors (Lipinski definition) is 0. The molecule has 0 saturated heterocycles. The Morgan fingerprint density at radius 2 is 0.435 bits per heavy atom. The molecule has 0 atom stereocenters. The Balaban J connectivity index is 3.07. The van der Waals surface area contributed by atoms with E-state index in [9.17, 15) is 4.79 Å². The monoisotopic (exact) mass is 899 g/mol. The van der Waals surface area contributed by atoms with E-state index in [4.69, 9.17) is 66.3 Å². The van der Waals surface area contributed by atoms with Crippen LogP contribution in [0.4, 0.5) is 0 Å². The second-order valence-corrected chi connectivity index (χ2v) is 14.8. The predicted molar refractivity (Wildman–Crippen MR) is 241 cm³/mol. The zero-order valence-corrected chi connectivity index (χ0v) is 39.7. The van der Waals surface area contributed by atoms with Crippen molar-refractivity contribution in [2.45, 2.75) is 123 Å². The lowest BCUT2D eigenvalue weighted by Gasteiger charge is -2.09. The molecule has 0 fully saturated rings. The van der Waals surface area contributed by atoms with Crippen LogP contribution in [0.2, 0.25) is 0 Å². The lowest BCUT2D eigenvalue weighted by Crippen LogP contribution is -2.15. The van der Waals surface area contributed by atoms with Crippen molar-refractivity contribution in [3.8, 4) is 0 Å². The summed E-state index contributed by atoms with van der Waals surface area (Å²) in [4.78, 5) is 11.2. The zero-order valence-electron chi connectivity index (χ0n) is 39.7. The van der Waals surface area contributed by atoms with Crippen molar-refractivity contribution in [1.82, 2.24) is 0 Å². The van der Waals surface area contributed by atoms with Gasteiger partial charge in [0, 0.05) is 6.61 Å². The Kier molecular flexibility index (Phi) is 57.0. The Hall–Kier alpha value is -1.05. The Bertz CT molecular complexity index is 813. The maximum Gasteiger partial charge on any atom is 0.308 e. The van der Waals surface area contributed by atoms with Crippen LogP contribution in [0.25, 0.3) is 0 Å². The number of carbonyl (C=O) groups excluding carboxylic acids is 1. The zero-order chi connectivity index (χ0) is 44.6. The minimum atomic E-state index is -0.250. The molecule has 0 heterocycles. The molecule has 0 aliphatic carbocycles. The molecule has 0 bridgehead atoms. The second kappa shape index (κ2) is 58.0. The molecule has 372 valence electrons. The van der Waals surface area contributed by atoms with Crippen LogP contribution in [0.15, 0.2) is 0 Å². The normalized spacial score (nSPS) is 11.6. The Morgan fingerprint density at radius 3 is 0.661 bits per heavy atom. The molecule has 0 aromatic heterocycles. The molecule has 0 N–H and O–H groups in total. The standard InChI is InChI=1S/C47H94O15/c1-3-5-6-7-8-9-10-11-12-13-14-15-16-17-18-19-21-49-23-25-51-27-29-53-31-33-55-35-37-57-39-41-59-43-45-61-46-44-60-42-40-58-38-36-56-34-32-54-30-28-52-26-24-50-22-20-47(48)62-4-2/h3-46H2,1-2H3. The summed E-state index contributed by atoms with van der Waals surface area (Å²) in [6.07, 6.45) is 22.4. The summed E-state index contributed by atoms with van der Waals surface area (Å²) in [5, 5.41) is 0. The summed E-state index contributed by atoms with van der Waals surface area (Å²) in [7, 11) is 0. The first-order chi connectivity index (χ1) is 30.8. The van der Waals surface area contributed by atoms with Crippen LogP contribution in [0, 0.1) is 0 Å². The average molecular weight is 899 g/mol. The SMILES string of the molecule is CCCCCCCCCCCCCCCCCCOCCOCCOCCOCCOCCOCCOCCOCCOCCOCCOCCOCCOCCC(=O)OCC. The molecule has 0 aromatic rings. The minimum absolute atomic E-state index is 0.250. The van der Waals surface area contributed by atoms with Gasteiger partial charge in [0.25, 0.3) is 0 Å². The summed E-state index contributed by atoms with van der Waals surface area (Å²) in [5.74, 6) is -0.250. The van der Waals surface area contributed by atoms with Crippen molar-refractivity contribution in [2.75, 3.05) is 178 Å². The largest absolute Gasteiger partial charge is 0.466 e. The first-order valence-electron chi connectivity index (χ1n) is 24.5. The molecule has 0 spiro atoms. The molecule has 0 radical (unpaired) electrons. The van der Waals surface area contributed by atoms with E-state index in [0.29, 0.717) is 172 Å². The fourth-order valence-corrected chi connectivity index (χ4v) is 5.88. The van der Waals surface area contributed by atoms with Crippen LogP contribution in [-0.2, 0) is 71.1 Å². The van der Waals surface area contributed by atoms with Gasteiger partial charge in [0.1, 0.15) is 0 Å². The third-order valence-electron chi connectivity index (χ3n) is 9.36. The Morgan fingerprint density at radius 1 is 0.242 bits per heavy atom. The van der Waals surface area contributed by atoms with E-state index >= 15 is 0 Å². The first kappa shape index (κ1) is 60.9. The highest BCUT2D eigenvalue weighted by atomic mass is 16.6. The maximum absolute atomic E-state index is 11.2. The van der Waals surface area contributed by atoms with Crippen molar-refractivity contribution >= 4 is 5.97 Å². The highest BCUT2D eigenvalue weighted by Crippen LogP contribution is 2.13. The summed E-state index contributed by atoms with van der Waals surface area (Å²) >= 11 is 0. The van der Waals surface area contributed by atoms with Gasteiger partial charge in [0.2, 0.25) is 0 Å². The number of ether oxygens (including phenoxy) is 14. The summed E-state index contributed by atoms with van der Waals surface area (Å²) in [6.45, 7) is 17.9. The fraction of sp³-hybridized carbons (Fsp3) is 0.979. The highest BCUT2D eigenvalue weighted by molar-refractivity contribution is 5.69. The van der Waals surface area contributed by atoms with Gasteiger partial charge >= 0.3 is 5.97 Å². The number of unbranched alkanes of at least 4 members (excludes halogenated alkanes) is 15. The quantitative estimate of drug-likeness (QED) is 0.0441. The van der Waals surface area contributed by atoms with Crippen LogP contribution in [0.5, 0.6) is 0 Å². The summed E-state index contributed by atoms with van der Waals surface area (Å²) in [5.41, 5.74) is 0. The smallest absolute Gasteiger partial charge is 0.308 e. The van der Waals surface area contributed by atoms with Gasteiger partial charge < -0.3 is 66.3 Å². The van der Waals surface area contributed by atoms with Gasteiger partial charge in [-0.1, -0.05) is 103 Å². The molecule has 0 saturated carbocycles. The van der Waals surface area contributed by atoms with Crippen LogP contribution < -0.4 is 0 Å². The van der Waals surface area contributed by atoms with Crippen LogP contribution in [0.1, 0.15) is 123 Å². The van der Waals surface area contributed by atoms with E-state index in [-0.39, 0.29) is 12.4 Å². The average Bonchev–Trinajstić information content (AvgIpc) is 3.27. The molecule has 0 rings (SSSR count). The van der Waals surface area contributed by atoms with Gasteiger partial charge in [-0.25, -0.2) is 0 Å². The summed E-state index contributed by atoms with van der Waals surface area (Å²) in [6, 6.07) is 0. The molecule has 15 heteroatoms. The molecular formula is C47H94O15.